The predicted molar refractivity (Wildman–Crippen MR) is 125 cm³/mol. The zero-order valence-electron chi connectivity index (χ0n) is 20.3. The van der Waals surface area contributed by atoms with Crippen LogP contribution in [0.1, 0.15) is 51.5 Å². The number of unbranched alkanes of at least 4 members (excludes halogenated alkanes) is 3. The van der Waals surface area contributed by atoms with E-state index >= 15 is 0 Å². The van der Waals surface area contributed by atoms with Crippen LogP contribution < -0.4 is 4.90 Å². The lowest BCUT2D eigenvalue weighted by molar-refractivity contribution is -0.388. The maximum Gasteiger partial charge on any atom is 0.423 e. The highest BCUT2D eigenvalue weighted by Crippen LogP contribution is 2.40. The largest absolute Gasteiger partial charge is 0.423 e. The van der Waals surface area contributed by atoms with Crippen LogP contribution in [0, 0.1) is 10.1 Å². The Hall–Kier alpha value is -3.28. The third kappa shape index (κ3) is 6.10. The van der Waals surface area contributed by atoms with Gasteiger partial charge < -0.3 is 4.90 Å². The molecule has 36 heavy (non-hydrogen) atoms. The molecule has 3 amide bonds. The summed E-state index contributed by atoms with van der Waals surface area (Å²) < 4.78 is 40.0. The summed E-state index contributed by atoms with van der Waals surface area (Å²) in [7, 11) is 0. The Morgan fingerprint density at radius 2 is 1.67 bits per heavy atom. The molecule has 0 N–H and O–H groups in total. The Bertz CT molecular complexity index is 1080. The molecule has 9 nitrogen and oxygen atoms in total. The molecule has 0 saturated carbocycles. The summed E-state index contributed by atoms with van der Waals surface area (Å²) in [5.74, 6) is -1.32. The number of anilines is 1. The molecule has 0 atom stereocenters. The SMILES string of the molecule is CC(=O)N1CCN(CCCCCCC2=C(C)C(=O)N(c3ccc([N+](=O)[O-])c(C(F)(F)F)c3)C2=O)CC1. The average Bonchev–Trinajstić information content (AvgIpc) is 3.03. The van der Waals surface area contributed by atoms with Gasteiger partial charge in [0.05, 0.1) is 10.6 Å². The van der Waals surface area contributed by atoms with E-state index in [0.717, 1.165) is 58.1 Å². The van der Waals surface area contributed by atoms with Gasteiger partial charge in [-0.3, -0.25) is 29.4 Å². The van der Waals surface area contributed by atoms with Gasteiger partial charge in [-0.25, -0.2) is 4.90 Å². The smallest absolute Gasteiger partial charge is 0.340 e. The van der Waals surface area contributed by atoms with Crippen molar-refractivity contribution in [1.29, 1.82) is 0 Å². The van der Waals surface area contributed by atoms with Crippen LogP contribution in [0.4, 0.5) is 24.5 Å². The Morgan fingerprint density at radius 3 is 2.25 bits per heavy atom. The molecule has 1 fully saturated rings. The highest BCUT2D eigenvalue weighted by atomic mass is 19.4. The molecule has 0 spiro atoms. The van der Waals surface area contributed by atoms with Crippen molar-refractivity contribution >= 4 is 29.1 Å². The van der Waals surface area contributed by atoms with Gasteiger partial charge in [0, 0.05) is 50.3 Å². The van der Waals surface area contributed by atoms with Crippen LogP contribution in [0.2, 0.25) is 0 Å². The highest BCUT2D eigenvalue weighted by molar-refractivity contribution is 6.32. The van der Waals surface area contributed by atoms with Crippen LogP contribution in [0.5, 0.6) is 0 Å². The second kappa shape index (κ2) is 11.2. The van der Waals surface area contributed by atoms with Crippen molar-refractivity contribution in [3.05, 3.63) is 45.0 Å². The topological polar surface area (TPSA) is 104 Å². The summed E-state index contributed by atoms with van der Waals surface area (Å²) in [5.41, 5.74) is -2.57. The molecule has 0 bridgehead atoms. The van der Waals surface area contributed by atoms with Crippen LogP contribution >= 0.6 is 0 Å². The lowest BCUT2D eigenvalue weighted by atomic mass is 10.0. The maximum absolute atomic E-state index is 13.3. The number of piperazine rings is 1. The molecule has 12 heteroatoms. The quantitative estimate of drug-likeness (QED) is 0.216. The summed E-state index contributed by atoms with van der Waals surface area (Å²) in [4.78, 5) is 51.6. The molecule has 0 aliphatic carbocycles. The van der Waals surface area contributed by atoms with E-state index in [9.17, 15) is 37.7 Å². The molecule has 1 aromatic carbocycles. The molecule has 196 valence electrons. The van der Waals surface area contributed by atoms with Crippen molar-refractivity contribution in [3.8, 4) is 0 Å². The van der Waals surface area contributed by atoms with E-state index in [2.05, 4.69) is 4.90 Å². The first-order valence-electron chi connectivity index (χ1n) is 11.8. The van der Waals surface area contributed by atoms with Crippen molar-refractivity contribution in [3.63, 3.8) is 0 Å². The first-order valence-corrected chi connectivity index (χ1v) is 11.8. The summed E-state index contributed by atoms with van der Waals surface area (Å²) >= 11 is 0. The molecule has 1 saturated heterocycles. The van der Waals surface area contributed by atoms with Gasteiger partial charge in [-0.1, -0.05) is 12.8 Å². The van der Waals surface area contributed by atoms with Crippen LogP contribution in [-0.2, 0) is 20.6 Å². The Labute approximate surface area is 206 Å². The number of benzene rings is 1. The minimum Gasteiger partial charge on any atom is -0.340 e. The Kier molecular flexibility index (Phi) is 8.49. The number of amides is 3. The number of nitrogens with zero attached hydrogens (tertiary/aromatic N) is 4. The monoisotopic (exact) mass is 510 g/mol. The third-order valence-electron chi connectivity index (χ3n) is 6.65. The van der Waals surface area contributed by atoms with E-state index in [-0.39, 0.29) is 22.7 Å². The number of alkyl halides is 3. The number of nitro benzene ring substituents is 1. The van der Waals surface area contributed by atoms with Gasteiger partial charge >= 0.3 is 6.18 Å². The standard InChI is InChI=1S/C24H29F3N4O5/c1-16-19(7-5-3-4-6-10-28-11-13-29(14-12-28)17(2)32)23(34)30(22(16)33)18-8-9-21(31(35)36)20(15-18)24(25,26)27/h8-9,15H,3-7,10-14H2,1-2H3. The van der Waals surface area contributed by atoms with E-state index in [0.29, 0.717) is 29.9 Å². The van der Waals surface area contributed by atoms with Gasteiger partial charge in [-0.05, 0) is 44.9 Å². The third-order valence-corrected chi connectivity index (χ3v) is 6.65. The van der Waals surface area contributed by atoms with Gasteiger partial charge in [0.15, 0.2) is 0 Å². The van der Waals surface area contributed by atoms with Crippen LogP contribution in [-0.4, -0.2) is 65.2 Å². The van der Waals surface area contributed by atoms with Crippen molar-refractivity contribution in [1.82, 2.24) is 9.80 Å². The number of nitro groups is 1. The normalized spacial score (nSPS) is 17.4. The molecule has 2 aliphatic heterocycles. The number of carbonyl (C=O) groups is 3. The Balaban J connectivity index is 1.53. The average molecular weight is 511 g/mol. The van der Waals surface area contributed by atoms with E-state index in [1.807, 2.05) is 4.90 Å². The van der Waals surface area contributed by atoms with E-state index < -0.39 is 34.2 Å². The van der Waals surface area contributed by atoms with Crippen molar-refractivity contribution in [2.24, 2.45) is 0 Å². The highest BCUT2D eigenvalue weighted by Gasteiger charge is 2.41. The first-order chi connectivity index (χ1) is 16.9. The minimum atomic E-state index is -5.02. The molecular formula is C24H29F3N4O5. The molecule has 0 aromatic heterocycles. The summed E-state index contributed by atoms with van der Waals surface area (Å²) in [5, 5.41) is 11.0. The maximum atomic E-state index is 13.3. The van der Waals surface area contributed by atoms with Crippen molar-refractivity contribution < 1.29 is 32.5 Å². The number of halogens is 3. The van der Waals surface area contributed by atoms with E-state index in [1.54, 1.807) is 6.92 Å². The minimum absolute atomic E-state index is 0.0899. The fraction of sp³-hybridized carbons (Fsp3) is 0.542. The number of hydrogen-bond acceptors (Lipinski definition) is 6. The summed E-state index contributed by atoms with van der Waals surface area (Å²) in [6.45, 7) is 7.10. The summed E-state index contributed by atoms with van der Waals surface area (Å²) in [6.07, 6.45) is -1.35. The van der Waals surface area contributed by atoms with Crippen LogP contribution in [0.15, 0.2) is 29.3 Å². The number of hydrogen-bond donors (Lipinski definition) is 0. The predicted octanol–water partition coefficient (Wildman–Crippen LogP) is 3.92. The van der Waals surface area contributed by atoms with Crippen LogP contribution in [0.3, 0.4) is 0 Å². The van der Waals surface area contributed by atoms with Gasteiger partial charge in [0.25, 0.3) is 17.5 Å². The zero-order chi connectivity index (χ0) is 26.6. The lowest BCUT2D eigenvalue weighted by Gasteiger charge is -2.34. The van der Waals surface area contributed by atoms with Crippen LogP contribution in [0.25, 0.3) is 0 Å². The Morgan fingerprint density at radius 1 is 1.03 bits per heavy atom. The van der Waals surface area contributed by atoms with Crippen molar-refractivity contribution in [2.75, 3.05) is 37.6 Å². The van der Waals surface area contributed by atoms with Gasteiger partial charge in [-0.2, -0.15) is 13.2 Å². The zero-order valence-corrected chi connectivity index (χ0v) is 20.3. The van der Waals surface area contributed by atoms with Gasteiger partial charge in [-0.15, -0.1) is 0 Å². The molecule has 1 aromatic rings. The number of carbonyl (C=O) groups excluding carboxylic acids is 3. The van der Waals surface area contributed by atoms with E-state index in [1.165, 1.54) is 6.92 Å². The van der Waals surface area contributed by atoms with Crippen molar-refractivity contribution in [2.45, 2.75) is 52.1 Å². The summed E-state index contributed by atoms with van der Waals surface area (Å²) in [6, 6.07) is 2.11. The molecule has 0 radical (unpaired) electrons. The van der Waals surface area contributed by atoms with E-state index in [4.69, 9.17) is 0 Å². The number of imide groups is 1. The number of rotatable bonds is 9. The molecular weight excluding hydrogens is 481 g/mol. The second-order valence-corrected chi connectivity index (χ2v) is 9.02. The fourth-order valence-electron chi connectivity index (χ4n) is 4.54. The fourth-order valence-corrected chi connectivity index (χ4v) is 4.54. The van der Waals surface area contributed by atoms with Gasteiger partial charge in [0.1, 0.15) is 5.56 Å². The molecule has 0 unspecified atom stereocenters. The first kappa shape index (κ1) is 27.3. The molecule has 2 aliphatic rings. The van der Waals surface area contributed by atoms with Gasteiger partial charge in [0.2, 0.25) is 5.91 Å². The molecule has 2 heterocycles. The molecule has 3 rings (SSSR count). The second-order valence-electron chi connectivity index (χ2n) is 9.02. The lowest BCUT2D eigenvalue weighted by Crippen LogP contribution is -2.48.